The Morgan fingerprint density at radius 3 is 2.46 bits per heavy atom. The van der Waals surface area contributed by atoms with Crippen molar-refractivity contribution in [2.75, 3.05) is 11.4 Å². The second-order valence-corrected chi connectivity index (χ2v) is 6.63. The van der Waals surface area contributed by atoms with Crippen LogP contribution >= 0.6 is 0 Å². The average molecular weight is 354 g/mol. The predicted octanol–water partition coefficient (Wildman–Crippen LogP) is 3.45. The fraction of sp³-hybridized carbons (Fsp3) is 0.333. The van der Waals surface area contributed by atoms with Crippen LogP contribution in [-0.4, -0.2) is 18.4 Å². The second-order valence-electron chi connectivity index (χ2n) is 6.63. The molecular formula is C21H23FN2O2. The number of anilines is 1. The number of hydrogen-bond acceptors (Lipinski definition) is 2. The molecule has 1 saturated carbocycles. The van der Waals surface area contributed by atoms with Crippen LogP contribution in [0.5, 0.6) is 0 Å². The van der Waals surface area contributed by atoms with Crippen molar-refractivity contribution in [2.24, 2.45) is 5.92 Å². The monoisotopic (exact) mass is 354 g/mol. The van der Waals surface area contributed by atoms with Crippen LogP contribution in [0.25, 0.3) is 0 Å². The predicted molar refractivity (Wildman–Crippen MR) is 99.1 cm³/mol. The Kier molecular flexibility index (Phi) is 5.66. The zero-order valence-corrected chi connectivity index (χ0v) is 14.9. The van der Waals surface area contributed by atoms with E-state index in [1.807, 2.05) is 37.3 Å². The highest BCUT2D eigenvalue weighted by Gasteiger charge is 2.34. The van der Waals surface area contributed by atoms with Gasteiger partial charge in [-0.25, -0.2) is 4.39 Å². The van der Waals surface area contributed by atoms with Crippen LogP contribution in [-0.2, 0) is 22.6 Å². The van der Waals surface area contributed by atoms with Crippen LogP contribution in [0.3, 0.4) is 0 Å². The highest BCUT2D eigenvalue weighted by molar-refractivity contribution is 5.96. The Bertz CT molecular complexity index is 785. The van der Waals surface area contributed by atoms with Gasteiger partial charge in [0.15, 0.2) is 0 Å². The van der Waals surface area contributed by atoms with Gasteiger partial charge in [0.05, 0.1) is 13.0 Å². The van der Waals surface area contributed by atoms with Crippen molar-refractivity contribution in [1.82, 2.24) is 5.32 Å². The van der Waals surface area contributed by atoms with E-state index >= 15 is 0 Å². The molecule has 0 unspecified atom stereocenters. The van der Waals surface area contributed by atoms with Crippen LogP contribution in [0, 0.1) is 11.7 Å². The SMILES string of the molecule is CCNC(=O)Cc1ccc(N(Cc2cccc(F)c2)C(=O)C2CC2)cc1. The summed E-state index contributed by atoms with van der Waals surface area (Å²) in [7, 11) is 0. The van der Waals surface area contributed by atoms with Gasteiger partial charge in [-0.05, 0) is 55.2 Å². The molecule has 0 spiro atoms. The first-order valence-electron chi connectivity index (χ1n) is 8.98. The van der Waals surface area contributed by atoms with Crippen molar-refractivity contribution in [2.45, 2.75) is 32.7 Å². The molecule has 2 amide bonds. The van der Waals surface area contributed by atoms with Gasteiger partial charge in [0, 0.05) is 18.2 Å². The quantitative estimate of drug-likeness (QED) is 0.828. The Hall–Kier alpha value is -2.69. The van der Waals surface area contributed by atoms with E-state index in [4.69, 9.17) is 0 Å². The third-order valence-electron chi connectivity index (χ3n) is 4.41. The molecule has 5 heteroatoms. The Balaban J connectivity index is 1.78. The number of nitrogens with one attached hydrogen (secondary N) is 1. The van der Waals surface area contributed by atoms with Gasteiger partial charge in [-0.3, -0.25) is 9.59 Å². The summed E-state index contributed by atoms with van der Waals surface area (Å²) in [6.07, 6.45) is 2.14. The van der Waals surface area contributed by atoms with Crippen LogP contribution in [0.15, 0.2) is 48.5 Å². The highest BCUT2D eigenvalue weighted by Crippen LogP contribution is 2.33. The Morgan fingerprint density at radius 1 is 1.12 bits per heavy atom. The number of amides is 2. The van der Waals surface area contributed by atoms with Gasteiger partial charge >= 0.3 is 0 Å². The topological polar surface area (TPSA) is 49.4 Å². The lowest BCUT2D eigenvalue weighted by Gasteiger charge is -2.23. The normalized spacial score (nSPS) is 13.3. The van der Waals surface area contributed by atoms with Crippen molar-refractivity contribution in [3.63, 3.8) is 0 Å². The number of carbonyl (C=O) groups excluding carboxylic acids is 2. The molecule has 2 aromatic carbocycles. The fourth-order valence-electron chi connectivity index (χ4n) is 2.90. The molecule has 0 bridgehead atoms. The Labute approximate surface area is 153 Å². The molecule has 1 fully saturated rings. The number of rotatable bonds is 7. The van der Waals surface area contributed by atoms with E-state index in [0.29, 0.717) is 19.5 Å². The summed E-state index contributed by atoms with van der Waals surface area (Å²) in [4.78, 5) is 26.1. The fourth-order valence-corrected chi connectivity index (χ4v) is 2.90. The summed E-state index contributed by atoms with van der Waals surface area (Å²) < 4.78 is 13.5. The number of nitrogens with zero attached hydrogens (tertiary/aromatic N) is 1. The maximum Gasteiger partial charge on any atom is 0.230 e. The minimum atomic E-state index is -0.307. The largest absolute Gasteiger partial charge is 0.356 e. The van der Waals surface area contributed by atoms with E-state index < -0.39 is 0 Å². The standard InChI is InChI=1S/C21H23FN2O2/c1-2-23-20(25)13-15-6-10-19(11-7-15)24(21(26)17-8-9-17)14-16-4-3-5-18(22)12-16/h3-7,10-12,17H,2,8-9,13-14H2,1H3,(H,23,25). The van der Waals surface area contributed by atoms with Gasteiger partial charge in [-0.15, -0.1) is 0 Å². The van der Waals surface area contributed by atoms with Gasteiger partial charge in [-0.2, -0.15) is 0 Å². The molecule has 1 N–H and O–H groups in total. The summed E-state index contributed by atoms with van der Waals surface area (Å²) in [6, 6.07) is 13.8. The number of benzene rings is 2. The molecule has 3 rings (SSSR count). The zero-order chi connectivity index (χ0) is 18.5. The maximum atomic E-state index is 13.5. The third kappa shape index (κ3) is 4.69. The second kappa shape index (κ2) is 8.13. The van der Waals surface area contributed by atoms with Gasteiger partial charge in [0.2, 0.25) is 11.8 Å². The number of likely N-dealkylation sites (N-methyl/N-ethyl adjacent to an activating group) is 1. The highest BCUT2D eigenvalue weighted by atomic mass is 19.1. The van der Waals surface area contributed by atoms with Crippen molar-refractivity contribution < 1.29 is 14.0 Å². The van der Waals surface area contributed by atoms with E-state index in [9.17, 15) is 14.0 Å². The van der Waals surface area contributed by atoms with Crippen LogP contribution < -0.4 is 10.2 Å². The molecule has 4 nitrogen and oxygen atoms in total. The first-order valence-corrected chi connectivity index (χ1v) is 8.98. The lowest BCUT2D eigenvalue weighted by Crippen LogP contribution is -2.31. The first kappa shape index (κ1) is 18.1. The maximum absolute atomic E-state index is 13.5. The van der Waals surface area contributed by atoms with Crippen molar-refractivity contribution in [3.05, 3.63) is 65.5 Å². The van der Waals surface area contributed by atoms with Crippen molar-refractivity contribution in [1.29, 1.82) is 0 Å². The molecule has 0 heterocycles. The van der Waals surface area contributed by atoms with E-state index in [0.717, 1.165) is 29.7 Å². The van der Waals surface area contributed by atoms with E-state index in [2.05, 4.69) is 5.32 Å². The average Bonchev–Trinajstić information content (AvgIpc) is 3.45. The van der Waals surface area contributed by atoms with Crippen LogP contribution in [0.2, 0.25) is 0 Å². The molecule has 0 atom stereocenters. The van der Waals surface area contributed by atoms with Crippen LogP contribution in [0.1, 0.15) is 30.9 Å². The van der Waals surface area contributed by atoms with Gasteiger partial charge in [0.25, 0.3) is 0 Å². The zero-order valence-electron chi connectivity index (χ0n) is 14.9. The Morgan fingerprint density at radius 2 is 1.85 bits per heavy atom. The first-order chi connectivity index (χ1) is 12.6. The summed E-state index contributed by atoms with van der Waals surface area (Å²) in [5, 5.41) is 2.77. The minimum absolute atomic E-state index is 0.0223. The molecule has 136 valence electrons. The number of hydrogen-bond donors (Lipinski definition) is 1. The third-order valence-corrected chi connectivity index (χ3v) is 4.41. The molecule has 2 aromatic rings. The smallest absolute Gasteiger partial charge is 0.230 e. The summed E-state index contributed by atoms with van der Waals surface area (Å²) in [6.45, 7) is 2.83. The van der Waals surface area contributed by atoms with Gasteiger partial charge in [-0.1, -0.05) is 24.3 Å². The molecule has 26 heavy (non-hydrogen) atoms. The van der Waals surface area contributed by atoms with E-state index in [-0.39, 0.29) is 23.5 Å². The molecule has 0 aliphatic heterocycles. The van der Waals surface area contributed by atoms with Gasteiger partial charge in [0.1, 0.15) is 5.82 Å². The van der Waals surface area contributed by atoms with Crippen molar-refractivity contribution in [3.8, 4) is 0 Å². The van der Waals surface area contributed by atoms with E-state index in [1.165, 1.54) is 12.1 Å². The van der Waals surface area contributed by atoms with E-state index in [1.54, 1.807) is 11.0 Å². The van der Waals surface area contributed by atoms with Crippen molar-refractivity contribution >= 4 is 17.5 Å². The lowest BCUT2D eigenvalue weighted by atomic mass is 10.1. The molecule has 0 radical (unpaired) electrons. The van der Waals surface area contributed by atoms with Crippen LogP contribution in [0.4, 0.5) is 10.1 Å². The summed E-state index contributed by atoms with van der Waals surface area (Å²) in [5.41, 5.74) is 2.42. The number of halogens is 1. The van der Waals surface area contributed by atoms with Gasteiger partial charge < -0.3 is 10.2 Å². The molecule has 1 aliphatic rings. The summed E-state index contributed by atoms with van der Waals surface area (Å²) >= 11 is 0. The summed E-state index contributed by atoms with van der Waals surface area (Å²) in [5.74, 6) is -0.186. The molecular weight excluding hydrogens is 331 g/mol. The molecule has 1 aliphatic carbocycles. The lowest BCUT2D eigenvalue weighted by molar-refractivity contribution is -0.121. The minimum Gasteiger partial charge on any atom is -0.356 e. The number of carbonyl (C=O) groups is 2. The molecule has 0 aromatic heterocycles. The molecule has 0 saturated heterocycles.